The van der Waals surface area contributed by atoms with Gasteiger partial charge < -0.3 is 24.5 Å². The minimum absolute atomic E-state index is 0.264. The van der Waals surface area contributed by atoms with Crippen LogP contribution in [-0.2, 0) is 11.2 Å². The van der Waals surface area contributed by atoms with Crippen LogP contribution >= 0.6 is 0 Å². The molecular formula is C21H32N2O4. The van der Waals surface area contributed by atoms with Gasteiger partial charge in [-0.25, -0.2) is 4.79 Å². The van der Waals surface area contributed by atoms with Crippen molar-refractivity contribution < 1.29 is 19.4 Å². The number of aromatic amines is 1. The number of carbonyl (C=O) groups excluding carboxylic acids is 1. The summed E-state index contributed by atoms with van der Waals surface area (Å²) in [5.74, 6) is 0.538. The van der Waals surface area contributed by atoms with Crippen molar-refractivity contribution in [3.63, 3.8) is 0 Å². The number of nitrogens with one attached hydrogen (secondary N) is 1. The molecule has 27 heavy (non-hydrogen) atoms. The van der Waals surface area contributed by atoms with Gasteiger partial charge >= 0.3 is 6.16 Å². The maximum atomic E-state index is 12.0. The number of benzene rings is 1. The summed E-state index contributed by atoms with van der Waals surface area (Å²) in [6, 6.07) is 5.64. The van der Waals surface area contributed by atoms with Crippen molar-refractivity contribution in [1.29, 1.82) is 0 Å². The summed E-state index contributed by atoms with van der Waals surface area (Å²) in [6.45, 7) is 1.55. The van der Waals surface area contributed by atoms with Gasteiger partial charge in [0.2, 0.25) is 0 Å². The number of aromatic nitrogens is 1. The van der Waals surface area contributed by atoms with Crippen molar-refractivity contribution in [2.75, 3.05) is 33.9 Å². The zero-order valence-electron chi connectivity index (χ0n) is 16.5. The van der Waals surface area contributed by atoms with Gasteiger partial charge in [-0.1, -0.05) is 31.7 Å². The fraction of sp³-hybridized carbons (Fsp3) is 0.571. The lowest BCUT2D eigenvalue weighted by atomic mass is 10.1. The summed E-state index contributed by atoms with van der Waals surface area (Å²) in [5.41, 5.74) is 2.09. The summed E-state index contributed by atoms with van der Waals surface area (Å²) < 4.78 is 10.7. The molecule has 0 spiro atoms. The van der Waals surface area contributed by atoms with E-state index in [0.29, 0.717) is 12.4 Å². The molecule has 0 fully saturated rings. The van der Waals surface area contributed by atoms with E-state index in [4.69, 9.17) is 14.6 Å². The molecule has 6 heteroatoms. The molecule has 0 bridgehead atoms. The maximum Gasteiger partial charge on any atom is 0.513 e. The Labute approximate surface area is 161 Å². The lowest BCUT2D eigenvalue weighted by Gasteiger charge is -2.10. The van der Waals surface area contributed by atoms with Gasteiger partial charge in [0.15, 0.2) is 0 Å². The summed E-state index contributed by atoms with van der Waals surface area (Å²) >= 11 is 0. The van der Waals surface area contributed by atoms with Gasteiger partial charge in [0.25, 0.3) is 0 Å². The van der Waals surface area contributed by atoms with Crippen LogP contribution in [0.4, 0.5) is 4.79 Å². The maximum absolute atomic E-state index is 12.0. The first kappa shape index (κ1) is 21.3. The number of aliphatic hydroxyl groups excluding tert-OH is 1. The Balaban J connectivity index is 1.81. The number of rotatable bonds is 12. The molecule has 150 valence electrons. The van der Waals surface area contributed by atoms with Crippen molar-refractivity contribution in [3.8, 4) is 5.75 Å². The summed E-state index contributed by atoms with van der Waals surface area (Å²) in [4.78, 5) is 17.4. The van der Waals surface area contributed by atoms with Crippen LogP contribution in [0, 0.1) is 0 Å². The zero-order chi connectivity index (χ0) is 19.5. The van der Waals surface area contributed by atoms with Crippen molar-refractivity contribution in [1.82, 2.24) is 9.88 Å². The van der Waals surface area contributed by atoms with E-state index in [9.17, 15) is 4.79 Å². The van der Waals surface area contributed by atoms with Gasteiger partial charge in [-0.05, 0) is 51.1 Å². The number of unbranched alkanes of at least 4 members (excludes halogenated alkanes) is 5. The molecule has 1 aromatic carbocycles. The van der Waals surface area contributed by atoms with Gasteiger partial charge in [0.1, 0.15) is 5.75 Å². The van der Waals surface area contributed by atoms with E-state index in [1.54, 1.807) is 6.07 Å². The SMILES string of the molecule is CN(C)CCc1c[nH]c2cccc(OC(=O)OCCCCCCCCO)c12. The van der Waals surface area contributed by atoms with Crippen molar-refractivity contribution in [2.24, 2.45) is 0 Å². The molecule has 0 atom stereocenters. The lowest BCUT2D eigenvalue weighted by molar-refractivity contribution is 0.0977. The topological polar surface area (TPSA) is 74.8 Å². The second-order valence-electron chi connectivity index (χ2n) is 7.09. The van der Waals surface area contributed by atoms with E-state index in [-0.39, 0.29) is 6.61 Å². The predicted molar refractivity (Wildman–Crippen MR) is 107 cm³/mol. The largest absolute Gasteiger partial charge is 0.513 e. The van der Waals surface area contributed by atoms with Crippen LogP contribution in [0.5, 0.6) is 5.75 Å². The number of nitrogens with zero attached hydrogens (tertiary/aromatic N) is 1. The van der Waals surface area contributed by atoms with E-state index in [1.807, 2.05) is 32.4 Å². The molecule has 1 aromatic heterocycles. The molecule has 0 radical (unpaired) electrons. The average Bonchev–Trinajstić information content (AvgIpc) is 3.06. The Bertz CT molecular complexity index is 697. The third-order valence-electron chi connectivity index (χ3n) is 4.54. The number of carbonyl (C=O) groups is 1. The first-order valence-corrected chi connectivity index (χ1v) is 9.81. The fourth-order valence-corrected chi connectivity index (χ4v) is 3.04. The van der Waals surface area contributed by atoms with E-state index in [0.717, 1.165) is 68.0 Å². The zero-order valence-corrected chi connectivity index (χ0v) is 16.5. The number of aliphatic hydroxyl groups is 1. The van der Waals surface area contributed by atoms with Crippen LogP contribution in [0.15, 0.2) is 24.4 Å². The molecule has 0 aliphatic carbocycles. The van der Waals surface area contributed by atoms with Crippen LogP contribution in [0.2, 0.25) is 0 Å². The second kappa shape index (κ2) is 11.6. The molecule has 0 saturated heterocycles. The first-order valence-electron chi connectivity index (χ1n) is 9.81. The van der Waals surface area contributed by atoms with Crippen molar-refractivity contribution in [2.45, 2.75) is 44.9 Å². The second-order valence-corrected chi connectivity index (χ2v) is 7.09. The molecule has 2 rings (SSSR count). The third-order valence-corrected chi connectivity index (χ3v) is 4.54. The van der Waals surface area contributed by atoms with E-state index in [2.05, 4.69) is 9.88 Å². The Morgan fingerprint density at radius 3 is 2.59 bits per heavy atom. The molecule has 2 aromatic rings. The number of H-pyrrole nitrogens is 1. The number of ether oxygens (including phenoxy) is 2. The third kappa shape index (κ3) is 7.23. The van der Waals surface area contributed by atoms with Crippen molar-refractivity contribution >= 4 is 17.1 Å². The first-order chi connectivity index (χ1) is 13.1. The van der Waals surface area contributed by atoms with Gasteiger partial charge in [0.05, 0.1) is 6.61 Å². The highest BCUT2D eigenvalue weighted by Gasteiger charge is 2.14. The van der Waals surface area contributed by atoms with Crippen LogP contribution in [0.1, 0.15) is 44.1 Å². The van der Waals surface area contributed by atoms with Gasteiger partial charge in [0, 0.05) is 30.3 Å². The van der Waals surface area contributed by atoms with E-state index >= 15 is 0 Å². The summed E-state index contributed by atoms with van der Waals surface area (Å²) in [6.07, 6.45) is 8.16. The fourth-order valence-electron chi connectivity index (χ4n) is 3.04. The van der Waals surface area contributed by atoms with E-state index in [1.165, 1.54) is 0 Å². The Kier molecular flexibility index (Phi) is 9.15. The molecule has 0 unspecified atom stereocenters. The van der Waals surface area contributed by atoms with Gasteiger partial charge in [-0.15, -0.1) is 0 Å². The Morgan fingerprint density at radius 2 is 1.85 bits per heavy atom. The lowest BCUT2D eigenvalue weighted by Crippen LogP contribution is -2.15. The molecule has 0 aliphatic rings. The molecule has 6 nitrogen and oxygen atoms in total. The van der Waals surface area contributed by atoms with Crippen LogP contribution in [-0.4, -0.2) is 55.0 Å². The molecule has 0 saturated carbocycles. The standard InChI is InChI=1S/C21H32N2O4/c1-23(2)13-12-17-16-22-18-10-9-11-19(20(17)18)27-21(25)26-15-8-6-4-3-5-7-14-24/h9-11,16,22,24H,3-8,12-15H2,1-2H3. The molecule has 2 N–H and O–H groups in total. The van der Waals surface area contributed by atoms with Gasteiger partial charge in [-0.2, -0.15) is 0 Å². The molecule has 1 heterocycles. The molecule has 0 aliphatic heterocycles. The predicted octanol–water partition coefficient (Wildman–Crippen LogP) is 4.12. The highest BCUT2D eigenvalue weighted by atomic mass is 16.7. The minimum atomic E-state index is -0.650. The highest BCUT2D eigenvalue weighted by Crippen LogP contribution is 2.29. The number of likely N-dealkylation sites (N-methyl/N-ethyl adjacent to an activating group) is 1. The van der Waals surface area contributed by atoms with Gasteiger partial charge in [-0.3, -0.25) is 0 Å². The number of hydrogen-bond donors (Lipinski definition) is 2. The summed E-state index contributed by atoms with van der Waals surface area (Å²) in [7, 11) is 4.08. The Morgan fingerprint density at radius 1 is 1.11 bits per heavy atom. The molecule has 0 amide bonds. The average molecular weight is 376 g/mol. The monoisotopic (exact) mass is 376 g/mol. The van der Waals surface area contributed by atoms with E-state index < -0.39 is 6.16 Å². The Hall–Kier alpha value is -2.05. The summed E-state index contributed by atoms with van der Waals surface area (Å²) in [5, 5.41) is 9.68. The molecular weight excluding hydrogens is 344 g/mol. The highest BCUT2D eigenvalue weighted by molar-refractivity contribution is 5.90. The van der Waals surface area contributed by atoms with Crippen LogP contribution in [0.3, 0.4) is 0 Å². The smallest absolute Gasteiger partial charge is 0.434 e. The normalized spacial score (nSPS) is 11.3. The van der Waals surface area contributed by atoms with Crippen molar-refractivity contribution in [3.05, 3.63) is 30.0 Å². The number of hydrogen-bond acceptors (Lipinski definition) is 5. The quantitative estimate of drug-likeness (QED) is 0.331. The number of fused-ring (bicyclic) bond motifs is 1. The van der Waals surface area contributed by atoms with Crippen LogP contribution in [0.25, 0.3) is 10.9 Å². The van der Waals surface area contributed by atoms with Crippen LogP contribution < -0.4 is 4.74 Å². The minimum Gasteiger partial charge on any atom is -0.434 e.